The van der Waals surface area contributed by atoms with Gasteiger partial charge < -0.3 is 10.6 Å². The van der Waals surface area contributed by atoms with E-state index < -0.39 is 5.91 Å². The van der Waals surface area contributed by atoms with Gasteiger partial charge in [-0.05, 0) is 12.2 Å². The first-order chi connectivity index (χ1) is 10.8. The van der Waals surface area contributed by atoms with Crippen molar-refractivity contribution in [2.45, 2.75) is 0 Å². The zero-order chi connectivity index (χ0) is 15.9. The van der Waals surface area contributed by atoms with Gasteiger partial charge >= 0.3 is 0 Å². The molecule has 0 atom stereocenters. The van der Waals surface area contributed by atoms with Gasteiger partial charge in [0.1, 0.15) is 6.26 Å². The molecule has 1 amide bonds. The summed E-state index contributed by atoms with van der Waals surface area (Å²) < 4.78 is 0. The van der Waals surface area contributed by atoms with Crippen molar-refractivity contribution in [2.24, 2.45) is 16.1 Å². The number of nitrogens with zero attached hydrogens (tertiary/aromatic N) is 2. The number of rotatable bonds is 1. The van der Waals surface area contributed by atoms with E-state index in [9.17, 15) is 4.79 Å². The van der Waals surface area contributed by atoms with Crippen LogP contribution in [0.15, 0.2) is 107 Å². The lowest BCUT2D eigenvalue weighted by Gasteiger charge is -1.91. The van der Waals surface area contributed by atoms with Crippen LogP contribution in [0.3, 0.4) is 0 Å². The SMILES string of the molecule is NC(=O)C1=C/C=C/C=C/C=C/C=C\C=C\C=C\C=C/O\N=N\1. The van der Waals surface area contributed by atoms with E-state index in [1.54, 1.807) is 24.3 Å². The molecule has 0 aromatic rings. The first kappa shape index (κ1) is 16.8. The lowest BCUT2D eigenvalue weighted by Crippen LogP contribution is -2.12. The Morgan fingerprint density at radius 1 is 0.773 bits per heavy atom. The second-order valence-electron chi connectivity index (χ2n) is 3.84. The van der Waals surface area contributed by atoms with Gasteiger partial charge in [-0.3, -0.25) is 4.79 Å². The van der Waals surface area contributed by atoms with Crippen LogP contribution in [0.1, 0.15) is 0 Å². The average molecular weight is 295 g/mol. The molecule has 0 bridgehead atoms. The van der Waals surface area contributed by atoms with E-state index in [0.29, 0.717) is 0 Å². The Balaban J connectivity index is 2.86. The minimum Gasteiger partial charge on any atom is -0.364 e. The van der Waals surface area contributed by atoms with Crippen molar-refractivity contribution in [3.05, 3.63) is 97.0 Å². The highest BCUT2D eigenvalue weighted by atomic mass is 16.6. The summed E-state index contributed by atoms with van der Waals surface area (Å²) in [6.45, 7) is 0. The van der Waals surface area contributed by atoms with Crippen LogP contribution in [-0.2, 0) is 9.63 Å². The van der Waals surface area contributed by atoms with Crippen molar-refractivity contribution in [3.8, 4) is 0 Å². The third-order valence-corrected chi connectivity index (χ3v) is 2.18. The van der Waals surface area contributed by atoms with Crippen LogP contribution >= 0.6 is 0 Å². The fraction of sp³-hybridized carbons (Fsp3) is 0. The van der Waals surface area contributed by atoms with Crippen molar-refractivity contribution in [1.29, 1.82) is 0 Å². The third-order valence-electron chi connectivity index (χ3n) is 2.18. The molecule has 5 nitrogen and oxygen atoms in total. The average Bonchev–Trinajstić information content (AvgIpc) is 2.50. The largest absolute Gasteiger partial charge is 0.364 e. The smallest absolute Gasteiger partial charge is 0.269 e. The molecule has 0 saturated heterocycles. The number of carbonyl (C=O) groups is 1. The van der Waals surface area contributed by atoms with Crippen LogP contribution in [0.5, 0.6) is 0 Å². The minimum absolute atomic E-state index is 0.00656. The summed E-state index contributed by atoms with van der Waals surface area (Å²) in [7, 11) is 0. The molecular formula is C17H17N3O2. The van der Waals surface area contributed by atoms with Crippen molar-refractivity contribution in [1.82, 2.24) is 0 Å². The Bertz CT molecular complexity index is 616. The highest BCUT2D eigenvalue weighted by Crippen LogP contribution is 1.99. The first-order valence-electron chi connectivity index (χ1n) is 6.54. The Morgan fingerprint density at radius 2 is 1.23 bits per heavy atom. The maximum absolute atomic E-state index is 11.2. The van der Waals surface area contributed by atoms with Crippen LogP contribution < -0.4 is 5.73 Å². The quantitative estimate of drug-likeness (QED) is 0.802. The Kier molecular flexibility index (Phi) is 8.88. The molecule has 1 aliphatic heterocycles. The van der Waals surface area contributed by atoms with E-state index in [1.807, 2.05) is 54.7 Å². The third kappa shape index (κ3) is 8.82. The fourth-order valence-corrected chi connectivity index (χ4v) is 1.19. The van der Waals surface area contributed by atoms with Gasteiger partial charge in [0, 0.05) is 5.28 Å². The normalized spacial score (nSPS) is 29.7. The zero-order valence-electron chi connectivity index (χ0n) is 11.9. The Labute approximate surface area is 129 Å². The molecule has 22 heavy (non-hydrogen) atoms. The summed E-state index contributed by atoms with van der Waals surface area (Å²) in [5.41, 5.74) is 5.17. The van der Waals surface area contributed by atoms with Gasteiger partial charge in [0.2, 0.25) is 0 Å². The van der Waals surface area contributed by atoms with Crippen molar-refractivity contribution in [2.75, 3.05) is 0 Å². The van der Waals surface area contributed by atoms with Crippen LogP contribution in [0.4, 0.5) is 0 Å². The van der Waals surface area contributed by atoms with Crippen LogP contribution in [0, 0.1) is 0 Å². The number of nitrogens with two attached hydrogens (primary N) is 1. The van der Waals surface area contributed by atoms with Crippen LogP contribution in [-0.4, -0.2) is 5.91 Å². The summed E-state index contributed by atoms with van der Waals surface area (Å²) >= 11 is 0. The lowest BCUT2D eigenvalue weighted by molar-refractivity contribution is -0.114. The van der Waals surface area contributed by atoms with Gasteiger partial charge in [0.15, 0.2) is 5.70 Å². The van der Waals surface area contributed by atoms with Gasteiger partial charge in [-0.25, -0.2) is 0 Å². The fourth-order valence-electron chi connectivity index (χ4n) is 1.19. The number of carbonyl (C=O) groups excluding carboxylic acids is 1. The zero-order valence-corrected chi connectivity index (χ0v) is 11.9. The molecule has 0 aromatic heterocycles. The van der Waals surface area contributed by atoms with E-state index in [-0.39, 0.29) is 5.70 Å². The van der Waals surface area contributed by atoms with E-state index in [2.05, 4.69) is 10.4 Å². The molecule has 112 valence electrons. The number of hydrogen-bond donors (Lipinski definition) is 1. The van der Waals surface area contributed by atoms with Crippen LogP contribution in [0.25, 0.3) is 0 Å². The molecule has 1 rings (SSSR count). The summed E-state index contributed by atoms with van der Waals surface area (Å²) in [4.78, 5) is 15.9. The molecule has 0 spiro atoms. The maximum atomic E-state index is 11.2. The van der Waals surface area contributed by atoms with Gasteiger partial charge in [-0.15, -0.1) is 5.11 Å². The Morgan fingerprint density at radius 3 is 1.73 bits per heavy atom. The number of allylic oxidation sites excluding steroid dienone is 14. The molecular weight excluding hydrogens is 278 g/mol. The summed E-state index contributed by atoms with van der Waals surface area (Å²) in [6, 6.07) is 0. The lowest BCUT2D eigenvalue weighted by atomic mass is 10.3. The number of amides is 1. The number of primary amides is 1. The van der Waals surface area contributed by atoms with E-state index in [0.717, 1.165) is 0 Å². The highest BCUT2D eigenvalue weighted by molar-refractivity contribution is 5.91. The summed E-state index contributed by atoms with van der Waals surface area (Å²) in [6.07, 6.45) is 26.4. The molecule has 1 aliphatic rings. The molecule has 0 unspecified atom stereocenters. The van der Waals surface area contributed by atoms with Crippen molar-refractivity contribution in [3.63, 3.8) is 0 Å². The topological polar surface area (TPSA) is 77.0 Å². The predicted molar refractivity (Wildman–Crippen MR) is 87.2 cm³/mol. The van der Waals surface area contributed by atoms with Gasteiger partial charge in [-0.1, -0.05) is 72.9 Å². The van der Waals surface area contributed by atoms with Gasteiger partial charge in [0.25, 0.3) is 5.91 Å². The molecule has 0 fully saturated rings. The van der Waals surface area contributed by atoms with Crippen LogP contribution in [0.2, 0.25) is 0 Å². The molecule has 1 heterocycles. The minimum atomic E-state index is -0.689. The molecule has 0 aliphatic carbocycles. The van der Waals surface area contributed by atoms with E-state index in [4.69, 9.17) is 10.6 Å². The summed E-state index contributed by atoms with van der Waals surface area (Å²) in [5.74, 6) is -0.689. The highest BCUT2D eigenvalue weighted by Gasteiger charge is 2.00. The number of hydrogen-bond acceptors (Lipinski definition) is 4. The second kappa shape index (κ2) is 11.6. The van der Waals surface area contributed by atoms with Crippen molar-refractivity contribution < 1.29 is 9.63 Å². The Hall–Kier alpha value is -3.21. The van der Waals surface area contributed by atoms with Gasteiger partial charge in [0.05, 0.1) is 0 Å². The van der Waals surface area contributed by atoms with Crippen molar-refractivity contribution >= 4 is 5.91 Å². The maximum Gasteiger partial charge on any atom is 0.269 e. The molecule has 0 saturated carbocycles. The van der Waals surface area contributed by atoms with E-state index >= 15 is 0 Å². The first-order valence-corrected chi connectivity index (χ1v) is 6.54. The monoisotopic (exact) mass is 295 g/mol. The molecule has 2 N–H and O–H groups in total. The molecule has 0 aromatic carbocycles. The second-order valence-corrected chi connectivity index (χ2v) is 3.84. The molecule has 5 heteroatoms. The van der Waals surface area contributed by atoms with Gasteiger partial charge in [-0.2, -0.15) is 0 Å². The standard InChI is InChI=1S/C17H17N3O2/c18-17(21)16-14-12-10-8-6-4-2-1-3-5-7-9-11-13-15-22-20-19-16/h1-15H,(H2,18,21)/b3-1-,4-2+,7-5+,8-6+,11-9+,12-10+,15-13-,16-14-,20-19+. The summed E-state index contributed by atoms with van der Waals surface area (Å²) in [5, 5.41) is 7.00. The molecule has 0 radical (unpaired) electrons. The predicted octanol–water partition coefficient (Wildman–Crippen LogP) is 3.60. The van der Waals surface area contributed by atoms with E-state index in [1.165, 1.54) is 12.3 Å².